The van der Waals surface area contributed by atoms with Crippen LogP contribution in [-0.4, -0.2) is 47.9 Å². The Kier molecular flexibility index (Phi) is 4.10. The molecule has 1 aliphatic rings. The van der Waals surface area contributed by atoms with E-state index in [4.69, 9.17) is 0 Å². The monoisotopic (exact) mass is 138 g/mol. The molecule has 9 heavy (non-hydrogen) atoms. The summed E-state index contributed by atoms with van der Waals surface area (Å²) in [5, 5.41) is 0. The van der Waals surface area contributed by atoms with Crippen LogP contribution in [0.3, 0.4) is 0 Å². The second-order valence-corrected chi connectivity index (χ2v) is 1.75. The van der Waals surface area contributed by atoms with Crippen molar-refractivity contribution >= 4 is 41.8 Å². The van der Waals surface area contributed by atoms with Crippen molar-refractivity contribution in [2.24, 2.45) is 0 Å². The molecule has 3 nitrogen and oxygen atoms in total. The van der Waals surface area contributed by atoms with Crippen LogP contribution in [0.5, 0.6) is 0 Å². The van der Waals surface area contributed by atoms with Gasteiger partial charge in [0.15, 0.2) is 0 Å². The quantitative estimate of drug-likeness (QED) is 0.218. The van der Waals surface area contributed by atoms with Gasteiger partial charge in [0.2, 0.25) is 6.29 Å². The van der Waals surface area contributed by atoms with E-state index in [9.17, 15) is 9.59 Å². The second-order valence-electron chi connectivity index (χ2n) is 1.75. The van der Waals surface area contributed by atoms with Gasteiger partial charge in [-0.25, -0.2) is 4.79 Å². The van der Waals surface area contributed by atoms with E-state index in [-0.39, 0.29) is 41.9 Å². The molecular weight excluding hydrogens is 131 g/mol. The van der Waals surface area contributed by atoms with Gasteiger partial charge in [0.1, 0.15) is 6.10 Å². The first-order chi connectivity index (χ1) is 3.83. The number of carbonyl (C=O) groups is 2. The Bertz CT molecular complexity index is 119. The fourth-order valence-corrected chi connectivity index (χ4v) is 0.378. The van der Waals surface area contributed by atoms with Gasteiger partial charge in [-0.2, -0.15) is 0 Å². The molecule has 4 heteroatoms. The molecule has 1 saturated carbocycles. The molecule has 0 atom stereocenters. The third-order valence-electron chi connectivity index (χ3n) is 0.903. The van der Waals surface area contributed by atoms with Gasteiger partial charge in [0.25, 0.3) is 0 Å². The van der Waals surface area contributed by atoms with Gasteiger partial charge in [-0.05, 0) is 12.8 Å². The van der Waals surface area contributed by atoms with Crippen LogP contribution in [-0.2, 0) is 14.3 Å². The van der Waals surface area contributed by atoms with Crippen molar-refractivity contribution in [3.8, 4) is 0 Å². The first kappa shape index (κ1) is 9.14. The van der Waals surface area contributed by atoms with Gasteiger partial charge in [-0.1, -0.05) is 0 Å². The second kappa shape index (κ2) is 4.04. The molecule has 0 saturated heterocycles. The Hall–Kier alpha value is 0.140. The Labute approximate surface area is 75.0 Å². The zero-order valence-electron chi connectivity index (χ0n) is 4.29. The molecule has 0 bridgehead atoms. The number of esters is 1. The predicted octanol–water partition coefficient (Wildman–Crippen LogP) is -0.758. The van der Waals surface area contributed by atoms with Crippen LogP contribution in [0.1, 0.15) is 12.8 Å². The van der Waals surface area contributed by atoms with Gasteiger partial charge >= 0.3 is 35.5 Å². The Balaban J connectivity index is 0.000000640. The molecule has 0 aromatic heterocycles. The Morgan fingerprint density at radius 3 is 2.44 bits per heavy atom. The maximum absolute atomic E-state index is 10.1. The Morgan fingerprint density at radius 1 is 1.56 bits per heavy atom. The van der Waals surface area contributed by atoms with Crippen molar-refractivity contribution in [3.05, 3.63) is 0 Å². The number of hydrogen-bond donors (Lipinski definition) is 0. The van der Waals surface area contributed by atoms with E-state index < -0.39 is 5.97 Å². The Morgan fingerprint density at radius 2 is 2.11 bits per heavy atom. The standard InChI is InChI=1S/C5H6O3.Na.H/c6-3-5(7)8-4-1-2-4;;/h3-4H,1-2H2;;. The molecule has 0 amide bonds. The molecule has 46 valence electrons. The van der Waals surface area contributed by atoms with Gasteiger partial charge < -0.3 is 4.74 Å². The SMILES string of the molecule is O=CC(=O)OC1CC1.[NaH]. The summed E-state index contributed by atoms with van der Waals surface area (Å²) in [6.07, 6.45) is 2.07. The molecule has 0 spiro atoms. The minimum absolute atomic E-state index is 0. The molecule has 0 unspecified atom stereocenters. The first-order valence-corrected chi connectivity index (χ1v) is 2.48. The molecule has 0 radical (unpaired) electrons. The van der Waals surface area contributed by atoms with Gasteiger partial charge in [0, 0.05) is 0 Å². The van der Waals surface area contributed by atoms with Gasteiger partial charge in [-0.15, -0.1) is 0 Å². The van der Waals surface area contributed by atoms with E-state index in [1.165, 1.54) is 0 Å². The molecule has 1 aliphatic carbocycles. The number of ether oxygens (including phenoxy) is 1. The van der Waals surface area contributed by atoms with Crippen molar-refractivity contribution in [2.45, 2.75) is 18.9 Å². The maximum atomic E-state index is 10.1. The van der Waals surface area contributed by atoms with E-state index in [2.05, 4.69) is 4.74 Å². The molecule has 1 fully saturated rings. The van der Waals surface area contributed by atoms with Crippen molar-refractivity contribution in [2.75, 3.05) is 0 Å². The van der Waals surface area contributed by atoms with Crippen LogP contribution in [0.25, 0.3) is 0 Å². The summed E-state index contributed by atoms with van der Waals surface area (Å²) in [4.78, 5) is 19.7. The van der Waals surface area contributed by atoms with Crippen LogP contribution in [0.4, 0.5) is 0 Å². The van der Waals surface area contributed by atoms with Crippen LogP contribution < -0.4 is 0 Å². The van der Waals surface area contributed by atoms with Crippen LogP contribution in [0.15, 0.2) is 0 Å². The number of rotatable bonds is 2. The summed E-state index contributed by atoms with van der Waals surface area (Å²) in [7, 11) is 0. The normalized spacial score (nSPS) is 15.6. The van der Waals surface area contributed by atoms with Crippen LogP contribution >= 0.6 is 0 Å². The van der Waals surface area contributed by atoms with Gasteiger partial charge in [-0.3, -0.25) is 4.79 Å². The van der Waals surface area contributed by atoms with E-state index in [0.717, 1.165) is 12.8 Å². The molecule has 0 heterocycles. The summed E-state index contributed by atoms with van der Waals surface area (Å²) in [5.41, 5.74) is 0. The van der Waals surface area contributed by atoms with Crippen molar-refractivity contribution in [3.63, 3.8) is 0 Å². The molecule has 0 N–H and O–H groups in total. The summed E-state index contributed by atoms with van der Waals surface area (Å²) in [6.45, 7) is 0. The molecular formula is C5H7NaO3. The van der Waals surface area contributed by atoms with Crippen LogP contribution in [0.2, 0.25) is 0 Å². The first-order valence-electron chi connectivity index (χ1n) is 2.48. The van der Waals surface area contributed by atoms with Crippen LogP contribution in [0, 0.1) is 0 Å². The molecule has 0 aromatic carbocycles. The summed E-state index contributed by atoms with van der Waals surface area (Å²) < 4.78 is 4.50. The zero-order chi connectivity index (χ0) is 5.98. The fraction of sp³-hybridized carbons (Fsp3) is 0.600. The molecule has 0 aliphatic heterocycles. The summed E-state index contributed by atoms with van der Waals surface area (Å²) in [5.74, 6) is -0.743. The third kappa shape index (κ3) is 3.67. The summed E-state index contributed by atoms with van der Waals surface area (Å²) >= 11 is 0. The van der Waals surface area contributed by atoms with E-state index in [0.29, 0.717) is 0 Å². The van der Waals surface area contributed by atoms with Crippen molar-refractivity contribution < 1.29 is 14.3 Å². The fourth-order valence-electron chi connectivity index (χ4n) is 0.378. The van der Waals surface area contributed by atoms with E-state index in [1.54, 1.807) is 0 Å². The topological polar surface area (TPSA) is 43.4 Å². The van der Waals surface area contributed by atoms with E-state index in [1.807, 2.05) is 0 Å². The van der Waals surface area contributed by atoms with Gasteiger partial charge in [0.05, 0.1) is 0 Å². The van der Waals surface area contributed by atoms with E-state index >= 15 is 0 Å². The minimum atomic E-state index is -0.743. The average molecular weight is 138 g/mol. The van der Waals surface area contributed by atoms with Crippen molar-refractivity contribution in [1.29, 1.82) is 0 Å². The summed E-state index contributed by atoms with van der Waals surface area (Å²) in [6, 6.07) is 0. The van der Waals surface area contributed by atoms with Crippen molar-refractivity contribution in [1.82, 2.24) is 0 Å². The molecule has 0 aromatic rings. The molecule has 1 rings (SSSR count). The number of hydrogen-bond acceptors (Lipinski definition) is 3. The third-order valence-corrected chi connectivity index (χ3v) is 0.903. The number of aldehydes is 1. The number of carbonyl (C=O) groups excluding carboxylic acids is 2. The zero-order valence-corrected chi connectivity index (χ0v) is 4.29. The average Bonchev–Trinajstić information content (AvgIpc) is 2.50. The predicted molar refractivity (Wildman–Crippen MR) is 32.3 cm³/mol.